The molecule has 3 nitrogen and oxygen atoms in total. The van der Waals surface area contributed by atoms with Crippen molar-refractivity contribution in [3.8, 4) is 0 Å². The fourth-order valence-corrected chi connectivity index (χ4v) is 2.10. The van der Waals surface area contributed by atoms with Gasteiger partial charge in [0.15, 0.2) is 0 Å². The summed E-state index contributed by atoms with van der Waals surface area (Å²) in [6.45, 7) is 21.9. The summed E-state index contributed by atoms with van der Waals surface area (Å²) in [5, 5.41) is 4.76. The number of nitrogens with zero attached hydrogens (tertiary/aromatic N) is 2. The number of hydrogen-bond donors (Lipinski definition) is 0. The summed E-state index contributed by atoms with van der Waals surface area (Å²) in [5.74, 6) is 1.14. The zero-order valence-corrected chi connectivity index (χ0v) is 15.7. The third-order valence-corrected chi connectivity index (χ3v) is 3.30. The Morgan fingerprint density at radius 3 is 2.05 bits per heavy atom. The zero-order chi connectivity index (χ0) is 16.6. The van der Waals surface area contributed by atoms with Crippen molar-refractivity contribution in [2.24, 2.45) is 5.92 Å². The summed E-state index contributed by atoms with van der Waals surface area (Å²) in [7, 11) is 0. The van der Waals surface area contributed by atoms with Gasteiger partial charge in [0.1, 0.15) is 0 Å². The van der Waals surface area contributed by atoms with Crippen LogP contribution in [0.2, 0.25) is 0 Å². The van der Waals surface area contributed by atoms with E-state index in [1.54, 1.807) is 0 Å². The lowest BCUT2D eigenvalue weighted by Crippen LogP contribution is -2.33. The maximum atomic E-state index is 5.25. The molecule has 0 aliphatic carbocycles. The number of ether oxygens (including phenoxy) is 1. The quantitative estimate of drug-likeness (QED) is 0.784. The molecule has 0 aromatic carbocycles. The van der Waals surface area contributed by atoms with Gasteiger partial charge in [-0.1, -0.05) is 62.3 Å². The van der Waals surface area contributed by atoms with Crippen LogP contribution in [0.1, 0.15) is 79.6 Å². The molecular weight excluding hydrogens is 260 g/mol. The summed E-state index contributed by atoms with van der Waals surface area (Å²) in [6.07, 6.45) is 0. The fraction of sp³-hybridized carbons (Fsp3) is 0.833. The molecule has 21 heavy (non-hydrogen) atoms. The predicted molar refractivity (Wildman–Crippen MR) is 92.0 cm³/mol. The van der Waals surface area contributed by atoms with Crippen molar-refractivity contribution in [2.75, 3.05) is 13.2 Å². The van der Waals surface area contributed by atoms with Crippen molar-refractivity contribution >= 4 is 0 Å². The van der Waals surface area contributed by atoms with Gasteiger partial charge in [0.25, 0.3) is 0 Å². The summed E-state index contributed by atoms with van der Waals surface area (Å²) < 4.78 is 7.44. The van der Waals surface area contributed by atoms with Crippen LogP contribution in [0.4, 0.5) is 0 Å². The first-order valence-electron chi connectivity index (χ1n) is 8.54. The zero-order valence-electron chi connectivity index (χ0n) is 15.7. The van der Waals surface area contributed by atoms with E-state index < -0.39 is 0 Å². The van der Waals surface area contributed by atoms with Gasteiger partial charge in [-0.2, -0.15) is 5.10 Å². The summed E-state index contributed by atoms with van der Waals surface area (Å²) in [4.78, 5) is 0. The molecule has 1 aromatic rings. The Kier molecular flexibility index (Phi) is 8.88. The van der Waals surface area contributed by atoms with Crippen LogP contribution in [-0.4, -0.2) is 23.0 Å². The van der Waals surface area contributed by atoms with Gasteiger partial charge in [-0.15, -0.1) is 0 Å². The van der Waals surface area contributed by atoms with Crippen LogP contribution < -0.4 is 0 Å². The van der Waals surface area contributed by atoms with Gasteiger partial charge >= 0.3 is 0 Å². The molecule has 0 spiro atoms. The molecule has 0 N–H and O–H groups in total. The minimum Gasteiger partial charge on any atom is -0.381 e. The second kappa shape index (κ2) is 9.24. The largest absolute Gasteiger partial charge is 0.381 e. The molecule has 0 unspecified atom stereocenters. The molecule has 0 saturated carbocycles. The molecule has 0 atom stereocenters. The molecule has 0 radical (unpaired) electrons. The van der Waals surface area contributed by atoms with Gasteiger partial charge in [0.2, 0.25) is 0 Å². The van der Waals surface area contributed by atoms with E-state index in [2.05, 4.69) is 45.4 Å². The van der Waals surface area contributed by atoms with Crippen LogP contribution in [0.3, 0.4) is 0 Å². The van der Waals surface area contributed by atoms with Gasteiger partial charge in [-0.3, -0.25) is 4.68 Å². The van der Waals surface area contributed by atoms with E-state index in [9.17, 15) is 0 Å². The predicted octanol–water partition coefficient (Wildman–Crippen LogP) is 5.00. The van der Waals surface area contributed by atoms with Gasteiger partial charge in [-0.25, -0.2) is 0 Å². The minimum atomic E-state index is 0.157. The average Bonchev–Trinajstić information content (AvgIpc) is 2.83. The van der Waals surface area contributed by atoms with Gasteiger partial charge < -0.3 is 4.74 Å². The van der Waals surface area contributed by atoms with E-state index in [4.69, 9.17) is 9.84 Å². The van der Waals surface area contributed by atoms with Gasteiger partial charge in [-0.05, 0) is 12.0 Å². The van der Waals surface area contributed by atoms with E-state index >= 15 is 0 Å². The van der Waals surface area contributed by atoms with Crippen molar-refractivity contribution in [1.82, 2.24) is 9.78 Å². The molecule has 0 bridgehead atoms. The summed E-state index contributed by atoms with van der Waals surface area (Å²) in [6, 6.07) is 2.27. The minimum absolute atomic E-state index is 0.157. The van der Waals surface area contributed by atoms with Crippen molar-refractivity contribution in [3.63, 3.8) is 0 Å². The maximum Gasteiger partial charge on any atom is 0.0653 e. The molecule has 124 valence electrons. The topological polar surface area (TPSA) is 27.1 Å². The highest BCUT2D eigenvalue weighted by atomic mass is 16.5. The monoisotopic (exact) mass is 296 g/mol. The first-order chi connectivity index (χ1) is 9.88. The third kappa shape index (κ3) is 5.82. The van der Waals surface area contributed by atoms with Crippen LogP contribution >= 0.6 is 0 Å². The molecule has 2 rings (SSSR count). The van der Waals surface area contributed by atoms with Crippen LogP contribution in [0, 0.1) is 5.92 Å². The first kappa shape index (κ1) is 20.2. The molecule has 0 amide bonds. The molecule has 1 fully saturated rings. The van der Waals surface area contributed by atoms with Crippen LogP contribution in [-0.2, 0) is 16.7 Å². The Balaban J connectivity index is 0.000000921. The van der Waals surface area contributed by atoms with Gasteiger partial charge in [0, 0.05) is 23.6 Å². The van der Waals surface area contributed by atoms with E-state index in [-0.39, 0.29) is 5.41 Å². The SMILES string of the molecule is CC.CC.CC(C)c1cc(C(C)(C)C)n(CC2COC2)n1. The molecule has 1 aliphatic rings. The molecule has 2 heterocycles. The molecule has 1 aliphatic heterocycles. The van der Waals surface area contributed by atoms with Crippen molar-refractivity contribution in [2.45, 2.75) is 80.2 Å². The molecule has 1 aromatic heterocycles. The summed E-state index contributed by atoms with van der Waals surface area (Å²) in [5.41, 5.74) is 2.70. The Bertz CT molecular complexity index is 384. The average molecular weight is 296 g/mol. The lowest BCUT2D eigenvalue weighted by molar-refractivity contribution is -0.0414. The lowest BCUT2D eigenvalue weighted by Gasteiger charge is -2.28. The standard InChI is InChI=1S/C14H24N2O.2C2H6/c1-10(2)12-6-13(14(3,4)5)16(15-12)7-11-8-17-9-11;2*1-2/h6,10-11H,7-9H2,1-5H3;2*1-2H3. The summed E-state index contributed by atoms with van der Waals surface area (Å²) >= 11 is 0. The van der Waals surface area contributed by atoms with E-state index in [0.717, 1.165) is 19.8 Å². The highest BCUT2D eigenvalue weighted by molar-refractivity contribution is 5.20. The normalized spacial score (nSPS) is 14.8. The van der Waals surface area contributed by atoms with E-state index in [1.807, 2.05) is 27.7 Å². The lowest BCUT2D eigenvalue weighted by atomic mass is 9.91. The highest BCUT2D eigenvalue weighted by Crippen LogP contribution is 2.27. The number of hydrogen-bond acceptors (Lipinski definition) is 2. The smallest absolute Gasteiger partial charge is 0.0653 e. The molecule has 1 saturated heterocycles. The fourth-order valence-electron chi connectivity index (χ4n) is 2.10. The molecule has 3 heteroatoms. The van der Waals surface area contributed by atoms with E-state index in [0.29, 0.717) is 11.8 Å². The Morgan fingerprint density at radius 2 is 1.71 bits per heavy atom. The Hall–Kier alpha value is -0.830. The third-order valence-electron chi connectivity index (χ3n) is 3.30. The van der Waals surface area contributed by atoms with Crippen LogP contribution in [0.5, 0.6) is 0 Å². The van der Waals surface area contributed by atoms with Crippen molar-refractivity contribution in [3.05, 3.63) is 17.5 Å². The Labute approximate surface area is 132 Å². The number of aromatic nitrogens is 2. The first-order valence-corrected chi connectivity index (χ1v) is 8.54. The van der Waals surface area contributed by atoms with Crippen LogP contribution in [0.25, 0.3) is 0 Å². The van der Waals surface area contributed by atoms with Crippen molar-refractivity contribution < 1.29 is 4.74 Å². The van der Waals surface area contributed by atoms with Gasteiger partial charge in [0.05, 0.1) is 18.9 Å². The van der Waals surface area contributed by atoms with Crippen molar-refractivity contribution in [1.29, 1.82) is 0 Å². The second-order valence-electron chi connectivity index (χ2n) is 6.44. The highest BCUT2D eigenvalue weighted by Gasteiger charge is 2.25. The van der Waals surface area contributed by atoms with Crippen LogP contribution in [0.15, 0.2) is 6.07 Å². The maximum absolute atomic E-state index is 5.25. The Morgan fingerprint density at radius 1 is 1.19 bits per heavy atom. The molecular formula is C18H36N2O. The second-order valence-corrected chi connectivity index (χ2v) is 6.44. The number of rotatable bonds is 3. The van der Waals surface area contributed by atoms with E-state index in [1.165, 1.54) is 11.4 Å².